The molecule has 34 heavy (non-hydrogen) atoms. The summed E-state index contributed by atoms with van der Waals surface area (Å²) in [7, 11) is 5.71. The number of rotatable bonds is 17. The van der Waals surface area contributed by atoms with E-state index >= 15 is 0 Å². The zero-order valence-electron chi connectivity index (χ0n) is 22.5. The van der Waals surface area contributed by atoms with Crippen molar-refractivity contribution >= 4 is 21.9 Å². The first-order valence-corrected chi connectivity index (χ1v) is 13.6. The molecule has 0 saturated heterocycles. The van der Waals surface area contributed by atoms with E-state index in [1.54, 1.807) is 20.8 Å². The second kappa shape index (κ2) is 13.2. The summed E-state index contributed by atoms with van der Waals surface area (Å²) in [6.07, 6.45) is 0.769. The van der Waals surface area contributed by atoms with Crippen molar-refractivity contribution in [3.8, 4) is 0 Å². The Hall–Kier alpha value is -1.27. The van der Waals surface area contributed by atoms with E-state index in [4.69, 9.17) is 5.73 Å². The van der Waals surface area contributed by atoms with Gasteiger partial charge in [-0.25, -0.2) is 0 Å². The predicted molar refractivity (Wildman–Crippen MR) is 134 cm³/mol. The highest BCUT2D eigenvalue weighted by atomic mass is 32.2. The third-order valence-corrected chi connectivity index (χ3v) is 7.76. The van der Waals surface area contributed by atoms with Gasteiger partial charge in [0.25, 0.3) is 10.1 Å². The number of likely N-dealkylation sites (N-methyl/N-ethyl adjacent to an activating group) is 2. The molecule has 0 aliphatic carbocycles. The lowest BCUT2D eigenvalue weighted by Gasteiger charge is -2.34. The fraction of sp³-hybridized carbons (Fsp3) is 0.913. The third-order valence-electron chi connectivity index (χ3n) is 6.56. The number of carbonyl (C=O) groups excluding carboxylic acids is 2. The van der Waals surface area contributed by atoms with Crippen molar-refractivity contribution < 1.29 is 36.6 Å². The van der Waals surface area contributed by atoms with Gasteiger partial charge in [0.1, 0.15) is 13.1 Å². The van der Waals surface area contributed by atoms with Gasteiger partial charge < -0.3 is 25.1 Å². The summed E-state index contributed by atoms with van der Waals surface area (Å²) in [6.45, 7) is 7.61. The molecule has 0 fully saturated rings. The van der Waals surface area contributed by atoms with Gasteiger partial charge in [0, 0.05) is 24.3 Å². The van der Waals surface area contributed by atoms with Gasteiger partial charge in [0.15, 0.2) is 6.10 Å². The van der Waals surface area contributed by atoms with Crippen LogP contribution in [0.2, 0.25) is 0 Å². The summed E-state index contributed by atoms with van der Waals surface area (Å²) in [4.78, 5) is 24.6. The highest BCUT2D eigenvalue weighted by molar-refractivity contribution is 7.86. The number of hydrogen-bond donors (Lipinski definition) is 4. The fourth-order valence-corrected chi connectivity index (χ4v) is 5.34. The normalized spacial score (nSPS) is 17.5. The van der Waals surface area contributed by atoms with Crippen LogP contribution in [-0.4, -0.2) is 112 Å². The van der Waals surface area contributed by atoms with Crippen LogP contribution in [0.4, 0.5) is 0 Å². The van der Waals surface area contributed by atoms with E-state index in [2.05, 4.69) is 5.32 Å². The van der Waals surface area contributed by atoms with E-state index in [0.29, 0.717) is 47.9 Å². The molecule has 0 heterocycles. The number of amides is 2. The first-order valence-electron chi connectivity index (χ1n) is 12.1. The van der Waals surface area contributed by atoms with Crippen LogP contribution in [0.25, 0.3) is 0 Å². The van der Waals surface area contributed by atoms with Gasteiger partial charge >= 0.3 is 0 Å². The number of nitrogens with two attached hydrogens (primary N) is 1. The van der Waals surface area contributed by atoms with Crippen molar-refractivity contribution in [3.63, 3.8) is 0 Å². The smallest absolute Gasteiger partial charge is 0.267 e. The molecule has 0 radical (unpaired) electrons. The van der Waals surface area contributed by atoms with Crippen molar-refractivity contribution in [3.05, 3.63) is 0 Å². The topological polar surface area (TPSA) is 147 Å². The predicted octanol–water partition coefficient (Wildman–Crippen LogP) is 0.601. The Bertz CT molecular complexity index is 766. The van der Waals surface area contributed by atoms with Gasteiger partial charge in [-0.1, -0.05) is 20.8 Å². The summed E-state index contributed by atoms with van der Waals surface area (Å²) in [5.41, 5.74) is 4.33. The van der Waals surface area contributed by atoms with Crippen LogP contribution in [-0.2, 0) is 19.7 Å². The van der Waals surface area contributed by atoms with Crippen molar-refractivity contribution in [1.82, 2.24) is 5.32 Å². The molecule has 0 spiro atoms. The zero-order chi connectivity index (χ0) is 27.0. The summed E-state index contributed by atoms with van der Waals surface area (Å²) in [5.74, 6) is -1.60. The van der Waals surface area contributed by atoms with Gasteiger partial charge in [0.2, 0.25) is 11.8 Å². The average Bonchev–Trinajstić information content (AvgIpc) is 2.64. The quantitative estimate of drug-likeness (QED) is 0.128. The van der Waals surface area contributed by atoms with Crippen molar-refractivity contribution in [2.45, 2.75) is 64.2 Å². The number of carbonyl (C=O) groups is 2. The molecule has 202 valence electrons. The van der Waals surface area contributed by atoms with E-state index in [1.807, 2.05) is 35.2 Å². The monoisotopic (exact) mass is 510 g/mol. The van der Waals surface area contributed by atoms with E-state index in [0.717, 1.165) is 6.54 Å². The molecular formula is C23H50N4O6S+2. The highest BCUT2D eigenvalue weighted by Crippen LogP contribution is 2.33. The maximum absolute atomic E-state index is 13.0. The van der Waals surface area contributed by atoms with E-state index in [-0.39, 0.29) is 18.7 Å². The molecule has 0 aliphatic heterocycles. The Kier molecular flexibility index (Phi) is 12.7. The number of quaternary nitrogens is 2. The maximum Gasteiger partial charge on any atom is 0.267 e. The van der Waals surface area contributed by atoms with Crippen molar-refractivity contribution in [1.29, 1.82) is 0 Å². The Morgan fingerprint density at radius 3 is 2.06 bits per heavy atom. The van der Waals surface area contributed by atoms with Crippen LogP contribution in [0.5, 0.6) is 0 Å². The van der Waals surface area contributed by atoms with Crippen LogP contribution in [0.3, 0.4) is 0 Å². The molecule has 4 atom stereocenters. The maximum atomic E-state index is 13.0. The van der Waals surface area contributed by atoms with Crippen molar-refractivity contribution in [2.24, 2.45) is 17.1 Å². The summed E-state index contributed by atoms with van der Waals surface area (Å²) < 4.78 is 35.1. The van der Waals surface area contributed by atoms with Gasteiger partial charge in [-0.2, -0.15) is 8.42 Å². The first kappa shape index (κ1) is 32.7. The van der Waals surface area contributed by atoms with Gasteiger partial charge in [-0.3, -0.25) is 14.1 Å². The van der Waals surface area contributed by atoms with Gasteiger partial charge in [-0.05, 0) is 25.7 Å². The zero-order valence-corrected chi connectivity index (χ0v) is 23.3. The number of aliphatic hydroxyl groups excluding tert-OH is 1. The minimum absolute atomic E-state index is 0.100. The van der Waals surface area contributed by atoms with Crippen LogP contribution >= 0.6 is 0 Å². The summed E-state index contributed by atoms with van der Waals surface area (Å²) >= 11 is 0. The van der Waals surface area contributed by atoms with E-state index in [1.165, 1.54) is 0 Å². The SMILES string of the molecule is CCC(CC(CC(C)(CC)C(=O)NCCC[N+](C)(C)CC(O)C[N+](C)(C)C)S(=O)(=O)O)C(N)=O. The minimum atomic E-state index is -4.46. The molecule has 10 nitrogen and oxygen atoms in total. The summed E-state index contributed by atoms with van der Waals surface area (Å²) in [5, 5.41) is 12.0. The van der Waals surface area contributed by atoms with Gasteiger partial charge in [-0.15, -0.1) is 0 Å². The molecule has 11 heteroatoms. The fourth-order valence-electron chi connectivity index (χ4n) is 4.29. The molecule has 0 bridgehead atoms. The number of hydrogen-bond acceptors (Lipinski definition) is 5. The van der Waals surface area contributed by atoms with Crippen molar-refractivity contribution in [2.75, 3.05) is 61.4 Å². The molecule has 0 aromatic carbocycles. The van der Waals surface area contributed by atoms with E-state index in [9.17, 15) is 27.7 Å². The van der Waals surface area contributed by atoms with Crippen LogP contribution < -0.4 is 11.1 Å². The Labute approximate surface area is 206 Å². The Morgan fingerprint density at radius 1 is 1.09 bits per heavy atom. The Morgan fingerprint density at radius 2 is 1.65 bits per heavy atom. The van der Waals surface area contributed by atoms with Crippen LogP contribution in [0, 0.1) is 11.3 Å². The standard InChI is InChI=1S/C23H48N4O6S/c1-9-18(21(24)29)14-20(34(31,32)33)15-23(3,10-2)22(30)25-12-11-13-27(7,8)17-19(28)16-26(4,5)6/h18-20,28H,9-17H2,1-8H3,(H2-2,24,25,29,30,31,32,33)/p+2. The summed E-state index contributed by atoms with van der Waals surface area (Å²) in [6, 6.07) is 0. The molecule has 5 N–H and O–H groups in total. The molecule has 0 aliphatic rings. The molecule has 0 aromatic rings. The lowest BCUT2D eigenvalue weighted by molar-refractivity contribution is -0.907. The number of nitrogens with one attached hydrogen (secondary N) is 1. The number of primary amides is 1. The largest absolute Gasteiger partial charge is 0.382 e. The highest BCUT2D eigenvalue weighted by Gasteiger charge is 2.39. The molecule has 2 amide bonds. The van der Waals surface area contributed by atoms with Gasteiger partial charge in [0.05, 0.1) is 47.0 Å². The molecule has 0 rings (SSSR count). The molecular weight excluding hydrogens is 460 g/mol. The first-order chi connectivity index (χ1) is 15.3. The Balaban J connectivity index is 5.02. The molecule has 0 saturated carbocycles. The van der Waals surface area contributed by atoms with Crippen LogP contribution in [0.15, 0.2) is 0 Å². The van der Waals surface area contributed by atoms with Crippen LogP contribution in [0.1, 0.15) is 52.9 Å². The number of nitrogens with zero attached hydrogens (tertiary/aromatic N) is 2. The minimum Gasteiger partial charge on any atom is -0.382 e. The second-order valence-electron chi connectivity index (χ2n) is 11.6. The number of aliphatic hydroxyl groups is 1. The van der Waals surface area contributed by atoms with E-state index < -0.39 is 38.7 Å². The lowest BCUT2D eigenvalue weighted by atomic mass is 9.80. The third kappa shape index (κ3) is 12.4. The average molecular weight is 511 g/mol. The lowest BCUT2D eigenvalue weighted by Crippen LogP contribution is -2.52. The second-order valence-corrected chi connectivity index (χ2v) is 13.3. The molecule has 4 unspecified atom stereocenters. The molecule has 0 aromatic heterocycles.